The molecule has 1 aromatic rings. The minimum atomic E-state index is -0.0766. The van der Waals surface area contributed by atoms with Crippen molar-refractivity contribution in [3.8, 4) is 0 Å². The van der Waals surface area contributed by atoms with E-state index in [9.17, 15) is 4.79 Å². The van der Waals surface area contributed by atoms with Gasteiger partial charge in [0.2, 0.25) is 0 Å². The van der Waals surface area contributed by atoms with Gasteiger partial charge in [-0.1, -0.05) is 6.92 Å². The van der Waals surface area contributed by atoms with E-state index in [1.54, 1.807) is 11.3 Å². The maximum absolute atomic E-state index is 11.6. The van der Waals surface area contributed by atoms with E-state index in [0.29, 0.717) is 0 Å². The van der Waals surface area contributed by atoms with E-state index in [4.69, 9.17) is 4.74 Å². The van der Waals surface area contributed by atoms with Crippen molar-refractivity contribution in [1.29, 1.82) is 0 Å². The molecule has 2 rings (SSSR count). The number of aromatic nitrogens is 1. The van der Waals surface area contributed by atoms with Crippen molar-refractivity contribution in [2.45, 2.75) is 32.7 Å². The van der Waals surface area contributed by atoms with Crippen molar-refractivity contribution in [3.05, 3.63) is 16.1 Å². The molecule has 0 unspecified atom stereocenters. The molecule has 1 saturated heterocycles. The number of hydrogen-bond acceptors (Lipinski definition) is 5. The number of aryl methyl sites for hydroxylation is 1. The number of carbonyl (C=O) groups excluding carboxylic acids is 1. The lowest BCUT2D eigenvalue weighted by Crippen LogP contribution is -2.38. The number of likely N-dealkylation sites (tertiary alicyclic amines) is 1. The molecule has 0 N–H and O–H groups in total. The molecule has 2 heterocycles. The molecule has 0 radical (unpaired) electrons. The summed E-state index contributed by atoms with van der Waals surface area (Å²) in [4.78, 5) is 18.4. The zero-order chi connectivity index (χ0) is 13.0. The molecule has 1 fully saturated rings. The van der Waals surface area contributed by atoms with E-state index in [1.165, 1.54) is 12.1 Å². The molecule has 100 valence electrons. The number of nitrogens with zero attached hydrogens (tertiary/aromatic N) is 2. The summed E-state index contributed by atoms with van der Waals surface area (Å²) >= 11 is 1.72. The van der Waals surface area contributed by atoms with Gasteiger partial charge in [-0.2, -0.15) is 0 Å². The number of ether oxygens (including phenoxy) is 1. The van der Waals surface area contributed by atoms with Crippen molar-refractivity contribution >= 4 is 17.3 Å². The Hall–Kier alpha value is -0.940. The van der Waals surface area contributed by atoms with Crippen LogP contribution in [0, 0.1) is 5.92 Å². The Morgan fingerprint density at radius 3 is 3.17 bits per heavy atom. The number of hydrogen-bond donors (Lipinski definition) is 0. The smallest absolute Gasteiger partial charge is 0.309 e. The van der Waals surface area contributed by atoms with Crippen molar-refractivity contribution in [3.63, 3.8) is 0 Å². The summed E-state index contributed by atoms with van der Waals surface area (Å²) in [6.07, 6.45) is 3.00. The van der Waals surface area contributed by atoms with E-state index in [-0.39, 0.29) is 11.9 Å². The van der Waals surface area contributed by atoms with Crippen LogP contribution in [0.5, 0.6) is 0 Å². The van der Waals surface area contributed by atoms with Gasteiger partial charge in [-0.25, -0.2) is 4.98 Å². The zero-order valence-electron chi connectivity index (χ0n) is 11.0. The number of carbonyl (C=O) groups is 1. The Morgan fingerprint density at radius 2 is 2.50 bits per heavy atom. The van der Waals surface area contributed by atoms with Crippen LogP contribution in [0.3, 0.4) is 0 Å². The lowest BCUT2D eigenvalue weighted by Gasteiger charge is -2.30. The highest BCUT2D eigenvalue weighted by Gasteiger charge is 2.26. The summed E-state index contributed by atoms with van der Waals surface area (Å²) in [5.74, 6) is -0.0414. The van der Waals surface area contributed by atoms with Crippen LogP contribution in [0.25, 0.3) is 0 Å². The van der Waals surface area contributed by atoms with Gasteiger partial charge >= 0.3 is 5.97 Å². The number of methoxy groups -OCH3 is 1. The lowest BCUT2D eigenvalue weighted by atomic mass is 9.98. The summed E-state index contributed by atoms with van der Waals surface area (Å²) in [5, 5.41) is 3.31. The normalized spacial score (nSPS) is 20.9. The Kier molecular flexibility index (Phi) is 4.72. The fraction of sp³-hybridized carbons (Fsp3) is 0.692. The molecule has 0 bridgehead atoms. The quantitative estimate of drug-likeness (QED) is 0.784. The number of esters is 1. The molecule has 4 nitrogen and oxygen atoms in total. The molecular formula is C13H20N2O2S. The van der Waals surface area contributed by atoms with Crippen LogP contribution in [-0.2, 0) is 22.5 Å². The molecule has 1 aromatic heterocycles. The molecule has 0 spiro atoms. The highest BCUT2D eigenvalue weighted by atomic mass is 32.1. The molecule has 1 aliphatic rings. The summed E-state index contributed by atoms with van der Waals surface area (Å²) in [6, 6.07) is 0. The van der Waals surface area contributed by atoms with Crippen LogP contribution in [0.2, 0.25) is 0 Å². The molecule has 1 atom stereocenters. The number of piperidine rings is 1. The Morgan fingerprint density at radius 1 is 1.67 bits per heavy atom. The van der Waals surface area contributed by atoms with Crippen LogP contribution in [0.15, 0.2) is 5.38 Å². The van der Waals surface area contributed by atoms with Crippen molar-refractivity contribution in [2.75, 3.05) is 20.2 Å². The molecule has 0 amide bonds. The predicted octanol–water partition coefficient (Wildman–Crippen LogP) is 2.09. The fourth-order valence-electron chi connectivity index (χ4n) is 2.37. The predicted molar refractivity (Wildman–Crippen MR) is 71.5 cm³/mol. The second kappa shape index (κ2) is 6.29. The maximum Gasteiger partial charge on any atom is 0.309 e. The highest BCUT2D eigenvalue weighted by molar-refractivity contribution is 7.09. The summed E-state index contributed by atoms with van der Waals surface area (Å²) < 4.78 is 4.83. The first-order chi connectivity index (χ1) is 8.72. The minimum absolute atomic E-state index is 0.0352. The summed E-state index contributed by atoms with van der Waals surface area (Å²) in [5.41, 5.74) is 1.13. The van der Waals surface area contributed by atoms with Gasteiger partial charge in [-0.05, 0) is 25.8 Å². The fourth-order valence-corrected chi connectivity index (χ4v) is 3.11. The van der Waals surface area contributed by atoms with E-state index in [2.05, 4.69) is 22.2 Å². The third kappa shape index (κ3) is 3.29. The zero-order valence-corrected chi connectivity index (χ0v) is 11.8. The largest absolute Gasteiger partial charge is 0.469 e. The highest BCUT2D eigenvalue weighted by Crippen LogP contribution is 2.20. The number of thiazole rings is 1. The van der Waals surface area contributed by atoms with Gasteiger partial charge in [0.25, 0.3) is 0 Å². The van der Waals surface area contributed by atoms with E-state index < -0.39 is 0 Å². The third-order valence-electron chi connectivity index (χ3n) is 3.33. The van der Waals surface area contributed by atoms with Crippen LogP contribution in [0.1, 0.15) is 30.5 Å². The van der Waals surface area contributed by atoms with Gasteiger partial charge in [0.05, 0.1) is 23.7 Å². The molecule has 18 heavy (non-hydrogen) atoms. The summed E-state index contributed by atoms with van der Waals surface area (Å²) in [7, 11) is 1.47. The molecule has 0 aliphatic carbocycles. The minimum Gasteiger partial charge on any atom is -0.469 e. The SMILES string of the molecule is CCc1nc(CN2CCC[C@H](C(=O)OC)C2)cs1. The Bertz CT molecular complexity index is 405. The van der Waals surface area contributed by atoms with Crippen LogP contribution >= 0.6 is 11.3 Å². The second-order valence-electron chi connectivity index (χ2n) is 4.68. The van der Waals surface area contributed by atoms with Crippen LogP contribution in [0.4, 0.5) is 0 Å². The Balaban J connectivity index is 1.91. The molecule has 1 aliphatic heterocycles. The van der Waals surface area contributed by atoms with Crippen LogP contribution < -0.4 is 0 Å². The van der Waals surface area contributed by atoms with Crippen molar-refractivity contribution in [2.24, 2.45) is 5.92 Å². The molecular weight excluding hydrogens is 248 g/mol. The van der Waals surface area contributed by atoms with Gasteiger partial charge in [0, 0.05) is 18.5 Å². The van der Waals surface area contributed by atoms with E-state index >= 15 is 0 Å². The third-order valence-corrected chi connectivity index (χ3v) is 4.37. The lowest BCUT2D eigenvalue weighted by molar-refractivity contribution is -0.147. The average molecular weight is 268 g/mol. The Labute approximate surface area is 112 Å². The van der Waals surface area contributed by atoms with Gasteiger partial charge < -0.3 is 4.74 Å². The van der Waals surface area contributed by atoms with Crippen molar-refractivity contribution < 1.29 is 9.53 Å². The molecule has 5 heteroatoms. The topological polar surface area (TPSA) is 42.4 Å². The second-order valence-corrected chi connectivity index (χ2v) is 5.63. The van der Waals surface area contributed by atoms with Gasteiger partial charge in [0.15, 0.2) is 0 Å². The summed E-state index contributed by atoms with van der Waals surface area (Å²) in [6.45, 7) is 4.82. The van der Waals surface area contributed by atoms with Crippen LogP contribution in [-0.4, -0.2) is 36.1 Å². The first-order valence-electron chi connectivity index (χ1n) is 6.46. The first kappa shape index (κ1) is 13.5. The van der Waals surface area contributed by atoms with E-state index in [1.807, 2.05) is 0 Å². The maximum atomic E-state index is 11.6. The van der Waals surface area contributed by atoms with Gasteiger partial charge in [-0.15, -0.1) is 11.3 Å². The molecule has 0 aromatic carbocycles. The standard InChI is InChI=1S/C13H20N2O2S/c1-3-12-14-11(9-18-12)8-15-6-4-5-10(7-15)13(16)17-2/h9-10H,3-8H2,1-2H3/t10-/m0/s1. The monoisotopic (exact) mass is 268 g/mol. The van der Waals surface area contributed by atoms with Gasteiger partial charge in [-0.3, -0.25) is 9.69 Å². The van der Waals surface area contributed by atoms with E-state index in [0.717, 1.165) is 44.6 Å². The molecule has 0 saturated carbocycles. The first-order valence-corrected chi connectivity index (χ1v) is 7.34. The number of rotatable bonds is 4. The average Bonchev–Trinajstić information content (AvgIpc) is 2.86. The van der Waals surface area contributed by atoms with Gasteiger partial charge in [0.1, 0.15) is 0 Å². The van der Waals surface area contributed by atoms with Crippen molar-refractivity contribution in [1.82, 2.24) is 9.88 Å².